The molecular formula is C26H48N20O10. The number of carbonyl (C=O) groups excluding carboxylic acids is 2. The number of benzene rings is 2. The molecule has 0 amide bonds. The Balaban J connectivity index is -0.000000350. The highest BCUT2D eigenvalue weighted by Gasteiger charge is 2.03. The summed E-state index contributed by atoms with van der Waals surface area (Å²) in [5, 5.41) is 33.3. The van der Waals surface area contributed by atoms with Crippen molar-refractivity contribution in [3.05, 3.63) is 48.5 Å². The Morgan fingerprint density at radius 3 is 0.768 bits per heavy atom. The number of hydrogen-bond donors (Lipinski definition) is 16. The number of guanidine groups is 8. The largest absolute Gasteiger partial charge is 0.652 e. The lowest BCUT2D eigenvalue weighted by Crippen LogP contribution is -2.84. The molecule has 0 saturated carbocycles. The van der Waals surface area contributed by atoms with E-state index in [9.17, 15) is 0 Å². The third-order valence-electron chi connectivity index (χ3n) is 4.49. The number of hydrogen-bond acceptors (Lipinski definition) is 12. The molecule has 0 spiro atoms. The molecular weight excluding hydrogens is 752 g/mol. The van der Waals surface area contributed by atoms with Gasteiger partial charge in [0.15, 0.2) is 0 Å². The van der Waals surface area contributed by atoms with Crippen molar-refractivity contribution in [2.75, 3.05) is 26.4 Å². The predicted molar refractivity (Wildman–Crippen MR) is 195 cm³/mol. The number of nitrogens with two attached hydrogens (primary N) is 12. The number of aliphatic imine (C=N–C) groups is 4. The first kappa shape index (κ1) is 54.6. The number of carboxylic acid groups (broad SMARTS) is 4. The van der Waals surface area contributed by atoms with Crippen LogP contribution in [0.15, 0.2) is 68.5 Å². The van der Waals surface area contributed by atoms with E-state index in [2.05, 4.69) is 39.9 Å². The molecule has 2 aromatic carbocycles. The fourth-order valence-electron chi connectivity index (χ4n) is 2.96. The van der Waals surface area contributed by atoms with Gasteiger partial charge in [0.05, 0.1) is 26.4 Å². The van der Waals surface area contributed by atoms with Gasteiger partial charge >= 0.3 is 23.8 Å². The van der Waals surface area contributed by atoms with Crippen LogP contribution in [0.1, 0.15) is 0 Å². The van der Waals surface area contributed by atoms with Crippen LogP contribution >= 0.6 is 0 Å². The van der Waals surface area contributed by atoms with Gasteiger partial charge in [0, 0.05) is 12.1 Å². The van der Waals surface area contributed by atoms with Crippen molar-refractivity contribution in [3.63, 3.8) is 0 Å². The SMILES string of the molecule is C1COCCO1.NC(=Nc1cccc(N=C(N)[NH+]=C(N)N)c1)[NH+]=C(N)N.NC(=Nc1cccc(N=C(N)[NH+]=C(N)N)c1)[NH+]=C(N)N.O.O.O=C([O-])[O-].O=C([O-])[O-]. The van der Waals surface area contributed by atoms with E-state index in [1.165, 1.54) is 0 Å². The first-order valence-electron chi connectivity index (χ1n) is 14.3. The molecule has 0 unspecified atom stereocenters. The van der Waals surface area contributed by atoms with Crippen molar-refractivity contribution in [2.45, 2.75) is 0 Å². The minimum absolute atomic E-state index is 0. The normalized spacial score (nSPS) is 11.9. The minimum atomic E-state index is -2.33. The topological polar surface area (TPSA) is 625 Å². The third-order valence-corrected chi connectivity index (χ3v) is 4.49. The van der Waals surface area contributed by atoms with E-state index in [-0.39, 0.29) is 58.6 Å². The third kappa shape index (κ3) is 37.0. The molecule has 0 aromatic heterocycles. The highest BCUT2D eigenvalue weighted by Crippen LogP contribution is 2.20. The molecule has 1 saturated heterocycles. The van der Waals surface area contributed by atoms with Crippen LogP contribution in [0, 0.1) is 0 Å². The predicted octanol–water partition coefficient (Wildman–Crippen LogP) is -17.9. The van der Waals surface area contributed by atoms with E-state index in [4.69, 9.17) is 108 Å². The van der Waals surface area contributed by atoms with Crippen molar-refractivity contribution < 1.29 is 70.4 Å². The van der Waals surface area contributed by atoms with Gasteiger partial charge in [-0.15, -0.1) is 20.0 Å². The smallest absolute Gasteiger partial charge is 0.316 e. The average Bonchev–Trinajstić information content (AvgIpc) is 3.00. The number of ether oxygens (including phenoxy) is 2. The molecule has 0 aliphatic carbocycles. The summed E-state index contributed by atoms with van der Waals surface area (Å²) in [6.07, 6.45) is -4.67. The van der Waals surface area contributed by atoms with Gasteiger partial charge < -0.3 is 119 Å². The van der Waals surface area contributed by atoms with Gasteiger partial charge in [-0.3, -0.25) is 0 Å². The van der Waals surface area contributed by atoms with Gasteiger partial charge in [0.2, 0.25) is 0 Å². The Morgan fingerprint density at radius 1 is 0.446 bits per heavy atom. The molecule has 1 heterocycles. The van der Waals surface area contributed by atoms with E-state index in [1.54, 1.807) is 48.5 Å². The summed E-state index contributed by atoms with van der Waals surface area (Å²) in [7, 11) is 0. The second-order valence-electron chi connectivity index (χ2n) is 9.07. The fraction of sp³-hybridized carbons (Fsp3) is 0.154. The molecule has 2 aromatic rings. The van der Waals surface area contributed by atoms with Crippen LogP contribution in [0.4, 0.5) is 32.3 Å². The lowest BCUT2D eigenvalue weighted by Gasteiger charge is -2.09. The zero-order valence-electron chi connectivity index (χ0n) is 29.4. The molecule has 32 N–H and O–H groups in total. The molecule has 1 fully saturated rings. The maximum atomic E-state index is 8.33. The summed E-state index contributed by atoms with van der Waals surface area (Å²) >= 11 is 0. The fourth-order valence-corrected chi connectivity index (χ4v) is 2.96. The number of carbonyl (C=O) groups is 2. The molecule has 1 aliphatic heterocycles. The number of nitrogens with one attached hydrogen (secondary N) is 4. The number of rotatable bonds is 4. The second-order valence-corrected chi connectivity index (χ2v) is 9.07. The summed E-state index contributed by atoms with van der Waals surface area (Å²) < 4.78 is 9.89. The Bertz CT molecular complexity index is 1490. The highest BCUT2D eigenvalue weighted by atomic mass is 16.6. The summed E-state index contributed by atoms with van der Waals surface area (Å²) in [6.45, 7) is 3.11. The number of nitrogens with zero attached hydrogens (tertiary/aromatic N) is 4. The van der Waals surface area contributed by atoms with Crippen molar-refractivity contribution in [2.24, 2.45) is 88.8 Å². The molecule has 1 aliphatic rings. The van der Waals surface area contributed by atoms with E-state index >= 15 is 0 Å². The molecule has 30 nitrogen and oxygen atoms in total. The maximum absolute atomic E-state index is 8.33. The summed E-state index contributed by atoms with van der Waals surface area (Å²) in [5.74, 6) is -0.00152. The van der Waals surface area contributed by atoms with Crippen LogP contribution in [0.25, 0.3) is 0 Å². The lowest BCUT2D eigenvalue weighted by atomic mass is 10.3. The van der Waals surface area contributed by atoms with Crippen LogP contribution in [-0.4, -0.2) is 97.4 Å². The highest BCUT2D eigenvalue weighted by molar-refractivity contribution is 5.82. The van der Waals surface area contributed by atoms with E-state index < -0.39 is 12.3 Å². The van der Waals surface area contributed by atoms with Gasteiger partial charge in [-0.25, -0.2) is 20.0 Å². The van der Waals surface area contributed by atoms with Gasteiger partial charge in [0.25, 0.3) is 23.8 Å². The van der Waals surface area contributed by atoms with Crippen molar-refractivity contribution in [1.82, 2.24) is 0 Å². The van der Waals surface area contributed by atoms with E-state index in [1.807, 2.05) is 0 Å². The van der Waals surface area contributed by atoms with Crippen LogP contribution in [0.5, 0.6) is 0 Å². The van der Waals surface area contributed by atoms with Crippen LogP contribution < -0.4 is 109 Å². The first-order valence-corrected chi connectivity index (χ1v) is 14.3. The Hall–Kier alpha value is -8.22. The summed E-state index contributed by atoms with van der Waals surface area (Å²) in [5.41, 5.74) is 66.4. The minimum Gasteiger partial charge on any atom is -0.652 e. The average molecular weight is 801 g/mol. The van der Waals surface area contributed by atoms with Gasteiger partial charge in [-0.2, -0.15) is 0 Å². The van der Waals surface area contributed by atoms with Gasteiger partial charge in [-0.05, 0) is 36.6 Å². The lowest BCUT2D eigenvalue weighted by molar-refractivity contribution is -0.417. The van der Waals surface area contributed by atoms with Crippen molar-refractivity contribution in [1.29, 1.82) is 0 Å². The van der Waals surface area contributed by atoms with Crippen LogP contribution in [0.3, 0.4) is 0 Å². The molecule has 30 heteroatoms. The first-order chi connectivity index (χ1) is 25.2. The van der Waals surface area contributed by atoms with Crippen molar-refractivity contribution >= 4 is 82.7 Å². The second kappa shape index (κ2) is 31.5. The zero-order chi connectivity index (χ0) is 41.6. The van der Waals surface area contributed by atoms with Crippen LogP contribution in [0.2, 0.25) is 0 Å². The van der Waals surface area contributed by atoms with E-state index in [0.29, 0.717) is 22.7 Å². The van der Waals surface area contributed by atoms with Crippen molar-refractivity contribution in [3.8, 4) is 0 Å². The Labute approximate surface area is 317 Å². The summed E-state index contributed by atoms with van der Waals surface area (Å²) in [6, 6.07) is 13.6. The maximum Gasteiger partial charge on any atom is 0.316 e. The molecule has 0 atom stereocenters. The monoisotopic (exact) mass is 800 g/mol. The standard InChI is InChI=1S/2C10H16N10.C4H8O2.2CH2O3.2H2O/c2*11-7(12)19-9(15)17-5-2-1-3-6(4-5)18-10(16)20-8(13)14;1-2-6-4-3-5-1;2*2-1(3)4;;/h2*1-4H,(H6,11,12,15,17,19)(H6,13,14,16,18,20);1-4H2;2*(H2,2,3,4);2*1H2. The summed E-state index contributed by atoms with van der Waals surface area (Å²) in [4.78, 5) is 42.7. The van der Waals surface area contributed by atoms with E-state index in [0.717, 1.165) is 26.4 Å². The molecule has 56 heavy (non-hydrogen) atoms. The Kier molecular flexibility index (Phi) is 30.7. The van der Waals surface area contributed by atoms with Gasteiger partial charge in [0.1, 0.15) is 22.7 Å². The van der Waals surface area contributed by atoms with Crippen LogP contribution in [-0.2, 0) is 9.47 Å². The zero-order valence-corrected chi connectivity index (χ0v) is 29.4. The van der Waals surface area contributed by atoms with Gasteiger partial charge in [-0.1, -0.05) is 12.1 Å². The molecule has 312 valence electrons. The quantitative estimate of drug-likeness (QED) is 0.101. The molecule has 0 bridgehead atoms. The molecule has 3 rings (SSSR count). The molecule has 0 radical (unpaired) electrons. The Morgan fingerprint density at radius 2 is 0.625 bits per heavy atom.